The van der Waals surface area contributed by atoms with Crippen LogP contribution in [-0.4, -0.2) is 63.3 Å². The van der Waals surface area contributed by atoms with Gasteiger partial charge in [0.25, 0.3) is 0 Å². The number of carbonyl (C=O) groups excluding carboxylic acids is 3. The molecule has 0 spiro atoms. The average Bonchev–Trinajstić information content (AvgIpc) is 3.08. The van der Waals surface area contributed by atoms with E-state index in [1.165, 1.54) is 0 Å². The van der Waals surface area contributed by atoms with Crippen LogP contribution >= 0.6 is 0 Å². The molecule has 2 amide bonds. The average molecular weight is 391 g/mol. The summed E-state index contributed by atoms with van der Waals surface area (Å²) in [6, 6.07) is 5.25. The first kappa shape index (κ1) is 21.3. The molecule has 152 valence electrons. The number of aromatic nitrogens is 3. The minimum absolute atomic E-state index is 0.532. The first-order valence-electron chi connectivity index (χ1n) is 8.67. The zero-order valence-electron chi connectivity index (χ0n) is 16.5. The van der Waals surface area contributed by atoms with Gasteiger partial charge in [-0.3, -0.25) is 4.79 Å². The fourth-order valence-electron chi connectivity index (χ4n) is 2.44. The third-order valence-corrected chi connectivity index (χ3v) is 5.07. The predicted molar refractivity (Wildman–Crippen MR) is 100 cm³/mol. The number of benzene rings is 1. The molecule has 10 heteroatoms. The maximum absolute atomic E-state index is 12.8. The highest BCUT2D eigenvalue weighted by atomic mass is 16.5. The van der Waals surface area contributed by atoms with Gasteiger partial charge in [-0.05, 0) is 39.8 Å². The second-order valence-corrected chi connectivity index (χ2v) is 7.40. The number of fused-ring (bicyclic) bond motifs is 1. The van der Waals surface area contributed by atoms with Crippen molar-refractivity contribution < 1.29 is 24.2 Å². The number of aliphatic hydroxyl groups is 1. The monoisotopic (exact) mass is 391 g/mol. The van der Waals surface area contributed by atoms with E-state index in [4.69, 9.17) is 0 Å². The summed E-state index contributed by atoms with van der Waals surface area (Å²) >= 11 is 0. The van der Waals surface area contributed by atoms with E-state index in [1.807, 2.05) is 0 Å². The Morgan fingerprint density at radius 2 is 1.86 bits per heavy atom. The lowest BCUT2D eigenvalue weighted by Gasteiger charge is -2.41. The van der Waals surface area contributed by atoms with Gasteiger partial charge in [0.2, 0.25) is 5.91 Å². The lowest BCUT2D eigenvalue weighted by Crippen LogP contribution is -2.62. The number of amides is 2. The highest BCUT2D eigenvalue weighted by Crippen LogP contribution is 2.31. The Bertz CT molecular complexity index is 889. The molecule has 10 nitrogen and oxygen atoms in total. The molecule has 0 bridgehead atoms. The molecule has 2 rings (SSSR count). The maximum atomic E-state index is 12.8. The van der Waals surface area contributed by atoms with Crippen LogP contribution in [-0.2, 0) is 14.3 Å². The number of hydrogen-bond donors (Lipinski definition) is 3. The maximum Gasteiger partial charge on any atom is 0.344 e. The van der Waals surface area contributed by atoms with Crippen LogP contribution in [0.2, 0.25) is 0 Å². The molecule has 0 fully saturated rings. The molecular formula is C18H25N5O5. The van der Waals surface area contributed by atoms with Gasteiger partial charge in [0.1, 0.15) is 5.52 Å². The summed E-state index contributed by atoms with van der Waals surface area (Å²) < 4.78 is 5.68. The summed E-state index contributed by atoms with van der Waals surface area (Å²) in [5.41, 5.74) is -1.10. The van der Waals surface area contributed by atoms with Gasteiger partial charge < -0.3 is 20.5 Å². The van der Waals surface area contributed by atoms with Gasteiger partial charge in [-0.15, -0.1) is 5.10 Å². The Kier molecular flexibility index (Phi) is 6.03. The van der Waals surface area contributed by atoms with Crippen molar-refractivity contribution in [1.82, 2.24) is 25.6 Å². The minimum atomic E-state index is -1.19. The predicted octanol–water partition coefficient (Wildman–Crippen LogP) is 0.444. The van der Waals surface area contributed by atoms with E-state index < -0.39 is 41.5 Å². The number of esters is 1. The second kappa shape index (κ2) is 7.93. The minimum Gasteiger partial charge on any atom is -0.467 e. The van der Waals surface area contributed by atoms with Crippen LogP contribution in [0.1, 0.15) is 27.7 Å². The Balaban J connectivity index is 2.20. The molecule has 3 N–H and O–H groups in total. The molecule has 1 aromatic heterocycles. The molecule has 0 radical (unpaired) electrons. The molecular weight excluding hydrogens is 366 g/mol. The van der Waals surface area contributed by atoms with Crippen LogP contribution < -0.4 is 10.6 Å². The molecule has 0 aliphatic heterocycles. The van der Waals surface area contributed by atoms with Crippen molar-refractivity contribution in [2.24, 2.45) is 5.41 Å². The van der Waals surface area contributed by atoms with E-state index >= 15 is 0 Å². The van der Waals surface area contributed by atoms with Crippen molar-refractivity contribution in [3.63, 3.8) is 0 Å². The van der Waals surface area contributed by atoms with Gasteiger partial charge in [-0.2, -0.15) is 4.68 Å². The molecule has 0 saturated carbocycles. The van der Waals surface area contributed by atoms with Crippen molar-refractivity contribution in [3.8, 4) is 0 Å². The number of para-hydroxylation sites is 1. The van der Waals surface area contributed by atoms with E-state index in [2.05, 4.69) is 25.7 Å². The first-order valence-corrected chi connectivity index (χ1v) is 8.67. The molecule has 0 aliphatic rings. The summed E-state index contributed by atoms with van der Waals surface area (Å²) in [6.45, 7) is 5.99. The van der Waals surface area contributed by atoms with Crippen molar-refractivity contribution in [3.05, 3.63) is 24.3 Å². The normalized spacial score (nSPS) is 13.1. The number of methoxy groups -OCH3 is 1. The van der Waals surface area contributed by atoms with Crippen LogP contribution in [0.3, 0.4) is 0 Å². The summed E-state index contributed by atoms with van der Waals surface area (Å²) in [5, 5.41) is 22.4. The van der Waals surface area contributed by atoms with Gasteiger partial charge in [0.05, 0.1) is 30.2 Å². The van der Waals surface area contributed by atoms with E-state index in [0.717, 1.165) is 11.8 Å². The third kappa shape index (κ3) is 3.96. The smallest absolute Gasteiger partial charge is 0.344 e. The largest absolute Gasteiger partial charge is 0.467 e. The summed E-state index contributed by atoms with van der Waals surface area (Å²) in [6.07, 6.45) is 0. The standard InChI is InChI=1S/C18H25N5O5/c1-17(2,15(26)19-12(10-24)14(25)28-5)18(3,4)20-16(27)23-13-9-7-6-8-11(13)21-22-23/h6-9,12,24H,10H2,1-5H3,(H,19,26)(H,20,27). The van der Waals surface area contributed by atoms with Gasteiger partial charge in [-0.25, -0.2) is 9.59 Å². The Labute approximate surface area is 162 Å². The number of aliphatic hydroxyl groups excluding tert-OH is 1. The zero-order chi connectivity index (χ0) is 21.1. The zero-order valence-corrected chi connectivity index (χ0v) is 16.5. The Hall–Kier alpha value is -3.01. The van der Waals surface area contributed by atoms with Crippen LogP contribution in [0.5, 0.6) is 0 Å². The highest BCUT2D eigenvalue weighted by Gasteiger charge is 2.45. The van der Waals surface area contributed by atoms with Crippen molar-refractivity contribution >= 4 is 28.9 Å². The number of ether oxygens (including phenoxy) is 1. The second-order valence-electron chi connectivity index (χ2n) is 7.40. The van der Waals surface area contributed by atoms with E-state index in [9.17, 15) is 19.5 Å². The number of carbonyl (C=O) groups is 3. The fourth-order valence-corrected chi connectivity index (χ4v) is 2.44. The van der Waals surface area contributed by atoms with Crippen LogP contribution in [0.15, 0.2) is 24.3 Å². The summed E-state index contributed by atoms with van der Waals surface area (Å²) in [4.78, 5) is 37.1. The van der Waals surface area contributed by atoms with Crippen LogP contribution in [0, 0.1) is 5.41 Å². The fraction of sp³-hybridized carbons (Fsp3) is 0.500. The van der Waals surface area contributed by atoms with Gasteiger partial charge >= 0.3 is 12.0 Å². The third-order valence-electron chi connectivity index (χ3n) is 5.07. The van der Waals surface area contributed by atoms with Gasteiger partial charge in [0, 0.05) is 0 Å². The highest BCUT2D eigenvalue weighted by molar-refractivity contribution is 5.91. The van der Waals surface area contributed by atoms with Crippen LogP contribution in [0.25, 0.3) is 11.0 Å². The topological polar surface area (TPSA) is 135 Å². The van der Waals surface area contributed by atoms with Gasteiger partial charge in [0.15, 0.2) is 6.04 Å². The summed E-state index contributed by atoms with van der Waals surface area (Å²) in [7, 11) is 1.16. The van der Waals surface area contributed by atoms with Crippen molar-refractivity contribution in [2.45, 2.75) is 39.3 Å². The lowest BCUT2D eigenvalue weighted by molar-refractivity contribution is -0.148. The first-order chi connectivity index (χ1) is 13.0. The number of nitrogens with zero attached hydrogens (tertiary/aromatic N) is 3. The quantitative estimate of drug-likeness (QED) is 0.608. The van der Waals surface area contributed by atoms with Crippen molar-refractivity contribution in [1.29, 1.82) is 0 Å². The molecule has 0 saturated heterocycles. The molecule has 28 heavy (non-hydrogen) atoms. The van der Waals surface area contributed by atoms with Crippen molar-refractivity contribution in [2.75, 3.05) is 13.7 Å². The van der Waals surface area contributed by atoms with Gasteiger partial charge in [-0.1, -0.05) is 17.3 Å². The molecule has 0 aliphatic carbocycles. The number of rotatable bonds is 6. The number of hydrogen-bond acceptors (Lipinski definition) is 7. The van der Waals surface area contributed by atoms with E-state index in [-0.39, 0.29) is 0 Å². The van der Waals surface area contributed by atoms with Crippen LogP contribution in [0.4, 0.5) is 4.79 Å². The van der Waals surface area contributed by atoms with E-state index in [0.29, 0.717) is 11.0 Å². The SMILES string of the molecule is COC(=O)C(CO)NC(=O)C(C)(C)C(C)(C)NC(=O)n1nnc2ccccc21. The molecule has 1 heterocycles. The number of nitrogens with one attached hydrogen (secondary N) is 2. The Morgan fingerprint density at radius 1 is 1.21 bits per heavy atom. The Morgan fingerprint density at radius 3 is 2.46 bits per heavy atom. The molecule has 1 unspecified atom stereocenters. The summed E-state index contributed by atoms with van der Waals surface area (Å²) in [5.74, 6) is -1.30. The lowest BCUT2D eigenvalue weighted by atomic mass is 9.73. The molecule has 2 aromatic rings. The van der Waals surface area contributed by atoms with E-state index in [1.54, 1.807) is 52.0 Å². The molecule has 1 aromatic carbocycles. The molecule has 1 atom stereocenters.